The molecule has 0 aliphatic heterocycles. The average molecular weight is 400 g/mol. The van der Waals surface area contributed by atoms with Crippen LogP contribution in [0.15, 0.2) is 30.3 Å². The van der Waals surface area contributed by atoms with Gasteiger partial charge in [-0.25, -0.2) is 0 Å². The molecular weight excluding hydrogens is 368 g/mol. The number of benzene rings is 1. The second kappa shape index (κ2) is 7.40. The van der Waals surface area contributed by atoms with Gasteiger partial charge < -0.3 is 21.7 Å². The van der Waals surface area contributed by atoms with Crippen molar-refractivity contribution in [1.29, 1.82) is 0 Å². The number of amides is 2. The number of aliphatic hydroxyl groups is 2. The fourth-order valence-corrected chi connectivity index (χ4v) is 6.80. The molecule has 4 bridgehead atoms. The number of hydrogen-bond donors (Lipinski definition) is 4. The van der Waals surface area contributed by atoms with Crippen molar-refractivity contribution in [1.82, 2.24) is 0 Å². The van der Waals surface area contributed by atoms with Crippen LogP contribution in [-0.4, -0.2) is 33.7 Å². The van der Waals surface area contributed by atoms with Gasteiger partial charge in [0.1, 0.15) is 0 Å². The zero-order valence-corrected chi connectivity index (χ0v) is 16.7. The van der Waals surface area contributed by atoms with Crippen LogP contribution in [0.4, 0.5) is 0 Å². The molecule has 5 rings (SSSR count). The third-order valence-corrected chi connectivity index (χ3v) is 7.86. The Bertz CT molecular complexity index is 768. The molecule has 6 nitrogen and oxygen atoms in total. The van der Waals surface area contributed by atoms with Crippen molar-refractivity contribution >= 4 is 11.8 Å². The summed E-state index contributed by atoms with van der Waals surface area (Å²) < 4.78 is 0. The predicted octanol–water partition coefficient (Wildman–Crippen LogP) is 1.33. The van der Waals surface area contributed by atoms with E-state index in [0.717, 1.165) is 24.8 Å². The highest BCUT2D eigenvalue weighted by Crippen LogP contribution is 2.66. The van der Waals surface area contributed by atoms with Crippen LogP contribution >= 0.6 is 0 Å². The fraction of sp³-hybridized carbons (Fsp3) is 0.609. The molecule has 5 atom stereocenters. The van der Waals surface area contributed by atoms with Gasteiger partial charge in [-0.3, -0.25) is 9.59 Å². The highest BCUT2D eigenvalue weighted by atomic mass is 16.3. The SMILES string of the molecule is NC(=O)[C@@H](C[C@@H](O)[CH]Cc1ccccc1)C1(O)C2CC3CC(C2)CC1(C(N)=O)C3. The minimum atomic E-state index is -1.58. The first-order chi connectivity index (χ1) is 13.8. The van der Waals surface area contributed by atoms with Crippen molar-refractivity contribution in [2.45, 2.75) is 56.7 Å². The molecule has 4 fully saturated rings. The molecule has 1 aromatic rings. The number of carbonyl (C=O) groups excluding carboxylic acids is 2. The van der Waals surface area contributed by atoms with Crippen molar-refractivity contribution < 1.29 is 19.8 Å². The molecule has 1 radical (unpaired) electrons. The molecule has 6 N–H and O–H groups in total. The summed E-state index contributed by atoms with van der Waals surface area (Å²) in [5, 5.41) is 22.6. The van der Waals surface area contributed by atoms with E-state index in [9.17, 15) is 19.8 Å². The van der Waals surface area contributed by atoms with Gasteiger partial charge in [0.2, 0.25) is 11.8 Å². The molecule has 4 aliphatic carbocycles. The molecule has 0 heterocycles. The number of rotatable bonds is 8. The van der Waals surface area contributed by atoms with Crippen molar-refractivity contribution in [3.63, 3.8) is 0 Å². The average Bonchev–Trinajstić information content (AvgIpc) is 2.68. The first-order valence-corrected chi connectivity index (χ1v) is 10.6. The van der Waals surface area contributed by atoms with Gasteiger partial charge in [-0.1, -0.05) is 30.3 Å². The van der Waals surface area contributed by atoms with Gasteiger partial charge in [-0.2, -0.15) is 0 Å². The van der Waals surface area contributed by atoms with Crippen LogP contribution in [-0.2, 0) is 16.0 Å². The van der Waals surface area contributed by atoms with E-state index < -0.39 is 34.9 Å². The molecular formula is C23H31N2O4. The smallest absolute Gasteiger partial charge is 0.226 e. The summed E-state index contributed by atoms with van der Waals surface area (Å²) in [6.07, 6.45) is 5.01. The van der Waals surface area contributed by atoms with Crippen molar-refractivity contribution in [3.05, 3.63) is 42.3 Å². The summed E-state index contributed by atoms with van der Waals surface area (Å²) >= 11 is 0. The topological polar surface area (TPSA) is 127 Å². The Hall–Kier alpha value is -1.92. The largest absolute Gasteiger partial charge is 0.393 e. The molecule has 6 heteroatoms. The highest BCUT2D eigenvalue weighted by molar-refractivity contribution is 5.86. The minimum absolute atomic E-state index is 0.000466. The van der Waals surface area contributed by atoms with Gasteiger partial charge in [0.05, 0.1) is 23.0 Å². The first kappa shape index (κ1) is 20.4. The molecule has 0 aromatic heterocycles. The summed E-state index contributed by atoms with van der Waals surface area (Å²) in [5.74, 6) is -1.67. The summed E-state index contributed by atoms with van der Waals surface area (Å²) in [4.78, 5) is 25.1. The van der Waals surface area contributed by atoms with E-state index >= 15 is 0 Å². The van der Waals surface area contributed by atoms with Crippen LogP contribution < -0.4 is 11.5 Å². The Kier molecular flexibility index (Phi) is 5.20. The summed E-state index contributed by atoms with van der Waals surface area (Å²) in [7, 11) is 0. The second-order valence-corrected chi connectivity index (χ2v) is 9.50. The van der Waals surface area contributed by atoms with Crippen LogP contribution in [0.1, 0.15) is 44.1 Å². The lowest BCUT2D eigenvalue weighted by molar-refractivity contribution is -0.245. The van der Waals surface area contributed by atoms with Gasteiger partial charge in [0.25, 0.3) is 0 Å². The molecule has 4 saturated carbocycles. The standard InChI is InChI=1S/C23H31N2O4/c24-20(27)19(11-18(26)7-6-14-4-2-1-3-5-14)23(29)17-9-15-8-16(10-17)13-22(23,12-15)21(25)28/h1-5,7,15-19,26,29H,6,8-13H2,(H2,24,27)(H2,25,28)/t15?,16?,17?,18-,19+,22?,23?/m0/s1. The zero-order valence-electron chi connectivity index (χ0n) is 16.7. The third kappa shape index (κ3) is 3.26. The van der Waals surface area contributed by atoms with Gasteiger partial charge in [-0.15, -0.1) is 0 Å². The molecule has 29 heavy (non-hydrogen) atoms. The minimum Gasteiger partial charge on any atom is -0.393 e. The number of hydrogen-bond acceptors (Lipinski definition) is 4. The monoisotopic (exact) mass is 399 g/mol. The number of carbonyl (C=O) groups is 2. The van der Waals surface area contributed by atoms with E-state index in [4.69, 9.17) is 11.5 Å². The molecule has 0 spiro atoms. The van der Waals surface area contributed by atoms with Crippen molar-refractivity contribution in [3.8, 4) is 0 Å². The summed E-state index contributed by atoms with van der Waals surface area (Å²) in [6, 6.07) is 9.70. The Labute approximate surface area is 171 Å². The van der Waals surface area contributed by atoms with Crippen LogP contribution in [0.2, 0.25) is 0 Å². The third-order valence-electron chi connectivity index (χ3n) is 7.86. The van der Waals surface area contributed by atoms with Gasteiger partial charge in [-0.05, 0) is 74.7 Å². The lowest BCUT2D eigenvalue weighted by Crippen LogP contribution is -2.73. The van der Waals surface area contributed by atoms with Gasteiger partial charge in [0.15, 0.2) is 0 Å². The maximum atomic E-state index is 12.6. The van der Waals surface area contributed by atoms with E-state index in [2.05, 4.69) is 0 Å². The molecule has 2 amide bonds. The Balaban J connectivity index is 1.57. The zero-order chi connectivity index (χ0) is 20.8. The fourth-order valence-electron chi connectivity index (χ4n) is 6.80. The van der Waals surface area contributed by atoms with Crippen LogP contribution in [0, 0.1) is 35.5 Å². The first-order valence-electron chi connectivity index (χ1n) is 10.6. The quantitative estimate of drug-likeness (QED) is 0.526. The van der Waals surface area contributed by atoms with Crippen LogP contribution in [0.5, 0.6) is 0 Å². The summed E-state index contributed by atoms with van der Waals surface area (Å²) in [5.41, 5.74) is 9.93. The van der Waals surface area contributed by atoms with Crippen LogP contribution in [0.3, 0.4) is 0 Å². The number of aliphatic hydroxyl groups excluding tert-OH is 1. The molecule has 3 unspecified atom stereocenters. The molecule has 0 saturated heterocycles. The molecule has 4 aliphatic rings. The van der Waals surface area contributed by atoms with Crippen LogP contribution in [0.25, 0.3) is 0 Å². The van der Waals surface area contributed by atoms with E-state index in [1.165, 1.54) is 0 Å². The van der Waals surface area contributed by atoms with Gasteiger partial charge in [0, 0.05) is 0 Å². The summed E-state index contributed by atoms with van der Waals surface area (Å²) in [6.45, 7) is 0. The number of primary amides is 2. The van der Waals surface area contributed by atoms with E-state index in [1.54, 1.807) is 6.42 Å². The van der Waals surface area contributed by atoms with E-state index in [0.29, 0.717) is 31.1 Å². The Morgan fingerprint density at radius 1 is 1.10 bits per heavy atom. The maximum Gasteiger partial charge on any atom is 0.226 e. The predicted molar refractivity (Wildman–Crippen MR) is 108 cm³/mol. The Morgan fingerprint density at radius 3 is 2.28 bits per heavy atom. The van der Waals surface area contributed by atoms with E-state index in [1.807, 2.05) is 30.3 Å². The van der Waals surface area contributed by atoms with Crippen molar-refractivity contribution in [2.75, 3.05) is 0 Å². The molecule has 157 valence electrons. The lowest BCUT2D eigenvalue weighted by atomic mass is 9.40. The van der Waals surface area contributed by atoms with E-state index in [-0.39, 0.29) is 12.3 Å². The maximum absolute atomic E-state index is 12.6. The second-order valence-electron chi connectivity index (χ2n) is 9.50. The lowest BCUT2D eigenvalue weighted by Gasteiger charge is -2.65. The normalized spacial score (nSPS) is 37.2. The highest BCUT2D eigenvalue weighted by Gasteiger charge is 2.70. The van der Waals surface area contributed by atoms with Gasteiger partial charge >= 0.3 is 0 Å². The number of nitrogens with two attached hydrogens (primary N) is 2. The van der Waals surface area contributed by atoms with Crippen molar-refractivity contribution in [2.24, 2.45) is 40.6 Å². The molecule has 1 aromatic carbocycles. The Morgan fingerprint density at radius 2 is 1.72 bits per heavy atom.